The van der Waals surface area contributed by atoms with Gasteiger partial charge in [0.1, 0.15) is 0 Å². The fourth-order valence-corrected chi connectivity index (χ4v) is 2.11. The summed E-state index contributed by atoms with van der Waals surface area (Å²) in [6, 6.07) is 5.55. The molecule has 0 aliphatic carbocycles. The van der Waals surface area contributed by atoms with Crippen LogP contribution in [0.15, 0.2) is 18.2 Å². The highest BCUT2D eigenvalue weighted by Gasteiger charge is 2.22. The number of methoxy groups -OCH3 is 1. The van der Waals surface area contributed by atoms with Gasteiger partial charge in [0, 0.05) is 19.3 Å². The minimum Gasteiger partial charge on any atom is -0.398 e. The third kappa shape index (κ3) is 3.01. The van der Waals surface area contributed by atoms with Gasteiger partial charge in [-0.2, -0.15) is 0 Å². The molecule has 1 aromatic rings. The third-order valence-electron chi connectivity index (χ3n) is 3.06. The van der Waals surface area contributed by atoms with Gasteiger partial charge in [0.2, 0.25) is 0 Å². The van der Waals surface area contributed by atoms with E-state index in [1.807, 2.05) is 32.9 Å². The summed E-state index contributed by atoms with van der Waals surface area (Å²) in [4.78, 5) is 14.3. The van der Waals surface area contributed by atoms with Crippen LogP contribution in [0.3, 0.4) is 0 Å². The van der Waals surface area contributed by atoms with Crippen LogP contribution in [-0.2, 0) is 4.74 Å². The van der Waals surface area contributed by atoms with Crippen molar-refractivity contribution in [3.63, 3.8) is 0 Å². The van der Waals surface area contributed by atoms with Crippen molar-refractivity contribution in [3.8, 4) is 0 Å². The van der Waals surface area contributed by atoms with E-state index in [0.717, 1.165) is 5.56 Å². The summed E-state index contributed by atoms with van der Waals surface area (Å²) in [7, 11) is 1.64. The van der Waals surface area contributed by atoms with Crippen LogP contribution in [0.25, 0.3) is 0 Å². The number of benzene rings is 1. The van der Waals surface area contributed by atoms with E-state index in [2.05, 4.69) is 0 Å². The molecule has 1 rings (SSSR count). The van der Waals surface area contributed by atoms with Gasteiger partial charge in [-0.25, -0.2) is 0 Å². The lowest BCUT2D eigenvalue weighted by Crippen LogP contribution is -2.41. The predicted molar refractivity (Wildman–Crippen MR) is 73.6 cm³/mol. The molecule has 1 atom stereocenters. The molecule has 1 unspecified atom stereocenters. The first-order valence-corrected chi connectivity index (χ1v) is 6.17. The third-order valence-corrected chi connectivity index (χ3v) is 3.06. The van der Waals surface area contributed by atoms with Crippen molar-refractivity contribution in [2.45, 2.75) is 26.8 Å². The molecule has 18 heavy (non-hydrogen) atoms. The maximum absolute atomic E-state index is 12.5. The van der Waals surface area contributed by atoms with Crippen LogP contribution < -0.4 is 5.73 Å². The Kier molecular flexibility index (Phi) is 5.16. The van der Waals surface area contributed by atoms with Crippen LogP contribution >= 0.6 is 0 Å². The maximum atomic E-state index is 12.5. The second-order valence-corrected chi connectivity index (χ2v) is 4.43. The van der Waals surface area contributed by atoms with Crippen LogP contribution in [0.5, 0.6) is 0 Å². The molecule has 0 aliphatic heterocycles. The highest BCUT2D eigenvalue weighted by molar-refractivity contribution is 6.00. The van der Waals surface area contributed by atoms with Gasteiger partial charge in [0.25, 0.3) is 5.91 Å². The highest BCUT2D eigenvalue weighted by atomic mass is 16.5. The quantitative estimate of drug-likeness (QED) is 0.814. The SMILES string of the molecule is CCN(C(=O)c1c(C)cccc1N)C(C)COC. The van der Waals surface area contributed by atoms with Crippen LogP contribution in [0.4, 0.5) is 5.69 Å². The van der Waals surface area contributed by atoms with E-state index in [9.17, 15) is 4.79 Å². The summed E-state index contributed by atoms with van der Waals surface area (Å²) in [6.45, 7) is 6.98. The summed E-state index contributed by atoms with van der Waals surface area (Å²) in [6.07, 6.45) is 0. The van der Waals surface area contributed by atoms with Crippen molar-refractivity contribution in [1.82, 2.24) is 4.90 Å². The smallest absolute Gasteiger partial charge is 0.256 e. The molecule has 0 aliphatic rings. The number of anilines is 1. The Bertz CT molecular complexity index is 398. The number of carbonyl (C=O) groups excluding carboxylic acids is 1. The van der Waals surface area contributed by atoms with Crippen LogP contribution in [-0.4, -0.2) is 37.1 Å². The Morgan fingerprint density at radius 1 is 1.50 bits per heavy atom. The molecule has 0 fully saturated rings. The molecule has 2 N–H and O–H groups in total. The number of nitrogens with two attached hydrogens (primary N) is 1. The number of aryl methyl sites for hydroxylation is 1. The minimum absolute atomic E-state index is 0.0300. The second kappa shape index (κ2) is 6.40. The monoisotopic (exact) mass is 250 g/mol. The number of rotatable bonds is 5. The van der Waals surface area contributed by atoms with Crippen LogP contribution in [0.2, 0.25) is 0 Å². The molecule has 0 heterocycles. The minimum atomic E-state index is -0.0300. The van der Waals surface area contributed by atoms with E-state index in [-0.39, 0.29) is 11.9 Å². The molecule has 0 saturated carbocycles. The standard InChI is InChI=1S/C14H22N2O2/c1-5-16(11(3)9-18-4)14(17)13-10(2)7-6-8-12(13)15/h6-8,11H,5,9,15H2,1-4H3. The lowest BCUT2D eigenvalue weighted by atomic mass is 10.0. The van der Waals surface area contributed by atoms with Gasteiger partial charge in [-0.15, -0.1) is 0 Å². The summed E-state index contributed by atoms with van der Waals surface area (Å²) >= 11 is 0. The normalized spacial score (nSPS) is 12.2. The lowest BCUT2D eigenvalue weighted by Gasteiger charge is -2.28. The number of carbonyl (C=O) groups is 1. The number of ether oxygens (including phenoxy) is 1. The van der Waals surface area contributed by atoms with Gasteiger partial charge < -0.3 is 15.4 Å². The number of nitrogen functional groups attached to an aromatic ring is 1. The summed E-state index contributed by atoms with van der Waals surface area (Å²) in [5.74, 6) is -0.0300. The molecule has 100 valence electrons. The first kappa shape index (κ1) is 14.5. The maximum Gasteiger partial charge on any atom is 0.256 e. The Hall–Kier alpha value is -1.55. The number of hydrogen-bond acceptors (Lipinski definition) is 3. The van der Waals surface area contributed by atoms with E-state index >= 15 is 0 Å². The van der Waals surface area contributed by atoms with Crippen molar-refractivity contribution in [1.29, 1.82) is 0 Å². The molecule has 0 aromatic heterocycles. The molecule has 4 nitrogen and oxygen atoms in total. The topological polar surface area (TPSA) is 55.6 Å². The molecule has 0 saturated heterocycles. The predicted octanol–water partition coefficient (Wildman–Crippen LogP) is 2.07. The fourth-order valence-electron chi connectivity index (χ4n) is 2.11. The van der Waals surface area contributed by atoms with Crippen molar-refractivity contribution >= 4 is 11.6 Å². The fraction of sp³-hybridized carbons (Fsp3) is 0.500. The zero-order valence-electron chi connectivity index (χ0n) is 11.6. The van der Waals surface area contributed by atoms with E-state index in [1.54, 1.807) is 18.1 Å². The molecule has 0 radical (unpaired) electrons. The summed E-state index contributed by atoms with van der Waals surface area (Å²) in [5.41, 5.74) is 7.95. The summed E-state index contributed by atoms with van der Waals surface area (Å²) in [5, 5.41) is 0. The zero-order chi connectivity index (χ0) is 13.7. The Morgan fingerprint density at radius 3 is 2.67 bits per heavy atom. The van der Waals surface area contributed by atoms with Crippen molar-refractivity contribution in [3.05, 3.63) is 29.3 Å². The molecular weight excluding hydrogens is 228 g/mol. The van der Waals surface area contributed by atoms with Crippen molar-refractivity contribution in [2.75, 3.05) is 26.0 Å². The first-order valence-electron chi connectivity index (χ1n) is 6.17. The van der Waals surface area contributed by atoms with Crippen molar-refractivity contribution in [2.24, 2.45) is 0 Å². The van der Waals surface area contributed by atoms with E-state index in [0.29, 0.717) is 24.4 Å². The number of nitrogens with zero attached hydrogens (tertiary/aromatic N) is 1. The number of likely N-dealkylation sites (N-methyl/N-ethyl adjacent to an activating group) is 1. The summed E-state index contributed by atoms with van der Waals surface area (Å²) < 4.78 is 5.11. The Morgan fingerprint density at radius 2 is 2.17 bits per heavy atom. The Labute approximate surface area is 109 Å². The highest BCUT2D eigenvalue weighted by Crippen LogP contribution is 2.19. The first-order chi connectivity index (χ1) is 8.52. The van der Waals surface area contributed by atoms with E-state index < -0.39 is 0 Å². The molecular formula is C14H22N2O2. The molecule has 1 amide bonds. The van der Waals surface area contributed by atoms with E-state index in [1.165, 1.54) is 0 Å². The molecule has 0 bridgehead atoms. The van der Waals surface area contributed by atoms with E-state index in [4.69, 9.17) is 10.5 Å². The lowest BCUT2D eigenvalue weighted by molar-refractivity contribution is 0.0579. The van der Waals surface area contributed by atoms with Gasteiger partial charge in [-0.05, 0) is 32.4 Å². The van der Waals surface area contributed by atoms with Gasteiger partial charge in [-0.1, -0.05) is 12.1 Å². The van der Waals surface area contributed by atoms with Crippen LogP contribution in [0, 0.1) is 6.92 Å². The largest absolute Gasteiger partial charge is 0.398 e. The van der Waals surface area contributed by atoms with Gasteiger partial charge >= 0.3 is 0 Å². The average molecular weight is 250 g/mol. The molecule has 4 heteroatoms. The van der Waals surface area contributed by atoms with Crippen LogP contribution in [0.1, 0.15) is 29.8 Å². The molecule has 0 spiro atoms. The Balaban J connectivity index is 3.04. The second-order valence-electron chi connectivity index (χ2n) is 4.43. The van der Waals surface area contributed by atoms with Gasteiger partial charge in [0.15, 0.2) is 0 Å². The van der Waals surface area contributed by atoms with Gasteiger partial charge in [-0.3, -0.25) is 4.79 Å². The van der Waals surface area contributed by atoms with Crippen molar-refractivity contribution < 1.29 is 9.53 Å². The molecule has 1 aromatic carbocycles. The average Bonchev–Trinajstić information content (AvgIpc) is 2.30. The number of hydrogen-bond donors (Lipinski definition) is 1. The zero-order valence-corrected chi connectivity index (χ0v) is 11.6. The number of amides is 1. The van der Waals surface area contributed by atoms with Gasteiger partial charge in [0.05, 0.1) is 18.2 Å².